The van der Waals surface area contributed by atoms with Crippen molar-refractivity contribution in [2.75, 3.05) is 12.4 Å². The minimum absolute atomic E-state index is 0.156. The minimum Gasteiger partial charge on any atom is -0.491 e. The number of imidazole rings is 1. The Hall–Kier alpha value is -1.93. The predicted octanol–water partition coefficient (Wildman–Crippen LogP) is 4.85. The van der Waals surface area contributed by atoms with Crippen LogP contribution >= 0.6 is 35.0 Å². The molecule has 0 fully saturated rings. The molecule has 27 heavy (non-hydrogen) atoms. The molecule has 2 aromatic carbocycles. The van der Waals surface area contributed by atoms with E-state index in [2.05, 4.69) is 15.0 Å². The van der Waals surface area contributed by atoms with Crippen LogP contribution in [0, 0.1) is 6.92 Å². The Morgan fingerprint density at radius 3 is 2.85 bits per heavy atom. The van der Waals surface area contributed by atoms with Crippen LogP contribution in [0.5, 0.6) is 5.75 Å². The standard InChI is InChI=1S/C18H15Cl2N3O3S/c1-9-21-14-3-2-11(4-17(14)26-9)25-7-10(24)8-27-18-22-15-5-12(19)13(20)6-16(15)23-18/h2-6,10,24H,7-8H2,1H3,(H,22,23)/t10-/m1/s1. The number of oxazole rings is 1. The molecule has 0 unspecified atom stereocenters. The molecule has 0 saturated heterocycles. The third-order valence-corrected chi connectivity index (χ3v) is 5.56. The molecule has 0 saturated carbocycles. The van der Waals surface area contributed by atoms with Gasteiger partial charge in [-0.1, -0.05) is 35.0 Å². The summed E-state index contributed by atoms with van der Waals surface area (Å²) < 4.78 is 11.1. The summed E-state index contributed by atoms with van der Waals surface area (Å²) in [6.45, 7) is 1.95. The van der Waals surface area contributed by atoms with Gasteiger partial charge in [-0.3, -0.25) is 0 Å². The fraction of sp³-hybridized carbons (Fsp3) is 0.222. The van der Waals surface area contributed by atoms with E-state index in [1.165, 1.54) is 11.8 Å². The molecule has 0 bridgehead atoms. The Morgan fingerprint density at radius 1 is 1.19 bits per heavy atom. The molecule has 0 aliphatic carbocycles. The van der Waals surface area contributed by atoms with Crippen LogP contribution in [0.1, 0.15) is 5.89 Å². The number of H-pyrrole nitrogens is 1. The van der Waals surface area contributed by atoms with Gasteiger partial charge >= 0.3 is 0 Å². The summed E-state index contributed by atoms with van der Waals surface area (Å²) in [4.78, 5) is 11.8. The van der Waals surface area contributed by atoms with E-state index in [1.807, 2.05) is 6.07 Å². The van der Waals surface area contributed by atoms with Gasteiger partial charge in [0.2, 0.25) is 0 Å². The number of hydrogen-bond donors (Lipinski definition) is 2. The number of aliphatic hydroxyl groups is 1. The average molecular weight is 424 g/mol. The SMILES string of the molecule is Cc1nc2ccc(OC[C@@H](O)CSc3nc4cc(Cl)c(Cl)cc4[nH]3)cc2o1. The minimum atomic E-state index is -0.664. The second-order valence-electron chi connectivity index (χ2n) is 5.96. The fourth-order valence-corrected chi connectivity index (χ4v) is 3.69. The van der Waals surface area contributed by atoms with Crippen molar-refractivity contribution in [1.82, 2.24) is 15.0 Å². The van der Waals surface area contributed by atoms with E-state index in [0.717, 1.165) is 16.6 Å². The summed E-state index contributed by atoms with van der Waals surface area (Å²) in [6.07, 6.45) is -0.664. The molecule has 4 aromatic rings. The van der Waals surface area contributed by atoms with Crippen LogP contribution in [-0.2, 0) is 0 Å². The predicted molar refractivity (Wildman–Crippen MR) is 107 cm³/mol. The summed E-state index contributed by atoms with van der Waals surface area (Å²) in [5, 5.41) is 11.8. The number of rotatable bonds is 6. The maximum absolute atomic E-state index is 10.2. The number of halogens is 2. The zero-order valence-electron chi connectivity index (χ0n) is 14.2. The van der Waals surface area contributed by atoms with Crippen molar-refractivity contribution < 1.29 is 14.3 Å². The highest BCUT2D eigenvalue weighted by Gasteiger charge is 2.11. The van der Waals surface area contributed by atoms with Gasteiger partial charge in [0, 0.05) is 18.7 Å². The van der Waals surface area contributed by atoms with Gasteiger partial charge in [0.05, 0.1) is 27.2 Å². The summed E-state index contributed by atoms with van der Waals surface area (Å²) in [5.74, 6) is 1.65. The molecule has 0 radical (unpaired) electrons. The average Bonchev–Trinajstić information content (AvgIpc) is 3.19. The van der Waals surface area contributed by atoms with Crippen LogP contribution in [0.25, 0.3) is 22.1 Å². The molecular formula is C18H15Cl2N3O3S. The first-order valence-corrected chi connectivity index (χ1v) is 9.88. The van der Waals surface area contributed by atoms with Crippen molar-refractivity contribution in [2.45, 2.75) is 18.2 Å². The lowest BCUT2D eigenvalue weighted by Gasteiger charge is -2.11. The molecule has 0 aliphatic rings. The third-order valence-electron chi connectivity index (χ3n) is 3.82. The Labute approximate surface area is 168 Å². The summed E-state index contributed by atoms with van der Waals surface area (Å²) in [7, 11) is 0. The highest BCUT2D eigenvalue weighted by atomic mass is 35.5. The van der Waals surface area contributed by atoms with Gasteiger partial charge in [0.25, 0.3) is 0 Å². The van der Waals surface area contributed by atoms with E-state index >= 15 is 0 Å². The van der Waals surface area contributed by atoms with Gasteiger partial charge in [0.15, 0.2) is 16.6 Å². The Kier molecular flexibility index (Phi) is 5.19. The van der Waals surface area contributed by atoms with Crippen LogP contribution in [0.15, 0.2) is 39.9 Å². The van der Waals surface area contributed by atoms with Gasteiger partial charge in [0.1, 0.15) is 17.9 Å². The molecule has 0 aliphatic heterocycles. The molecule has 6 nitrogen and oxygen atoms in total. The van der Waals surface area contributed by atoms with E-state index in [9.17, 15) is 5.11 Å². The van der Waals surface area contributed by atoms with Crippen molar-refractivity contribution >= 4 is 57.1 Å². The van der Waals surface area contributed by atoms with Crippen LogP contribution in [0.3, 0.4) is 0 Å². The smallest absolute Gasteiger partial charge is 0.192 e. The molecule has 140 valence electrons. The molecule has 2 heterocycles. The van der Waals surface area contributed by atoms with Crippen molar-refractivity contribution in [2.24, 2.45) is 0 Å². The third kappa shape index (κ3) is 4.16. The van der Waals surface area contributed by atoms with E-state index in [-0.39, 0.29) is 6.61 Å². The van der Waals surface area contributed by atoms with Crippen molar-refractivity contribution in [3.8, 4) is 5.75 Å². The summed E-state index contributed by atoms with van der Waals surface area (Å²) in [6, 6.07) is 8.84. The number of fused-ring (bicyclic) bond motifs is 2. The fourth-order valence-electron chi connectivity index (χ4n) is 2.58. The van der Waals surface area contributed by atoms with E-state index in [1.54, 1.807) is 31.2 Å². The highest BCUT2D eigenvalue weighted by molar-refractivity contribution is 7.99. The number of ether oxygens (including phenoxy) is 1. The Morgan fingerprint density at radius 2 is 2.00 bits per heavy atom. The van der Waals surface area contributed by atoms with E-state index < -0.39 is 6.10 Å². The van der Waals surface area contributed by atoms with Crippen LogP contribution in [-0.4, -0.2) is 38.5 Å². The second-order valence-corrected chi connectivity index (χ2v) is 7.79. The molecule has 1 atom stereocenters. The normalized spacial score (nSPS) is 12.7. The number of aryl methyl sites for hydroxylation is 1. The van der Waals surface area contributed by atoms with E-state index in [0.29, 0.717) is 38.2 Å². The van der Waals surface area contributed by atoms with Gasteiger partial charge < -0.3 is 19.2 Å². The maximum Gasteiger partial charge on any atom is 0.192 e. The molecule has 4 rings (SSSR count). The number of aliphatic hydroxyl groups excluding tert-OH is 1. The zero-order valence-corrected chi connectivity index (χ0v) is 16.5. The van der Waals surface area contributed by atoms with Gasteiger partial charge in [-0.15, -0.1) is 0 Å². The van der Waals surface area contributed by atoms with Gasteiger partial charge in [-0.25, -0.2) is 9.97 Å². The number of nitrogens with one attached hydrogen (secondary N) is 1. The lowest BCUT2D eigenvalue weighted by molar-refractivity contribution is 0.126. The number of nitrogens with zero attached hydrogens (tertiary/aromatic N) is 2. The maximum atomic E-state index is 10.2. The largest absolute Gasteiger partial charge is 0.491 e. The first-order chi connectivity index (χ1) is 13.0. The van der Waals surface area contributed by atoms with Crippen molar-refractivity contribution in [3.05, 3.63) is 46.3 Å². The van der Waals surface area contributed by atoms with Crippen LogP contribution in [0.2, 0.25) is 10.0 Å². The van der Waals surface area contributed by atoms with Crippen molar-refractivity contribution in [1.29, 1.82) is 0 Å². The summed E-state index contributed by atoms with van der Waals surface area (Å²) >= 11 is 13.4. The number of hydrogen-bond acceptors (Lipinski definition) is 6. The number of benzene rings is 2. The topological polar surface area (TPSA) is 84.2 Å². The molecular weight excluding hydrogens is 409 g/mol. The lowest BCUT2D eigenvalue weighted by Crippen LogP contribution is -2.20. The molecule has 9 heteroatoms. The number of thioether (sulfide) groups is 1. The molecule has 0 spiro atoms. The van der Waals surface area contributed by atoms with Crippen LogP contribution in [0.4, 0.5) is 0 Å². The lowest BCUT2D eigenvalue weighted by atomic mass is 10.3. The van der Waals surface area contributed by atoms with Gasteiger partial charge in [-0.2, -0.15) is 0 Å². The number of aromatic amines is 1. The molecule has 2 aromatic heterocycles. The Bertz CT molecular complexity index is 1070. The van der Waals surface area contributed by atoms with Crippen LogP contribution < -0.4 is 4.74 Å². The number of aromatic nitrogens is 3. The monoisotopic (exact) mass is 423 g/mol. The second kappa shape index (κ2) is 7.59. The molecule has 2 N–H and O–H groups in total. The Balaban J connectivity index is 1.34. The summed E-state index contributed by atoms with van der Waals surface area (Å²) in [5.41, 5.74) is 2.97. The molecule has 0 amide bonds. The van der Waals surface area contributed by atoms with Gasteiger partial charge in [-0.05, 0) is 24.3 Å². The highest BCUT2D eigenvalue weighted by Crippen LogP contribution is 2.29. The van der Waals surface area contributed by atoms with Crippen molar-refractivity contribution in [3.63, 3.8) is 0 Å². The van der Waals surface area contributed by atoms with E-state index in [4.69, 9.17) is 32.4 Å². The first kappa shape index (κ1) is 18.4. The quantitative estimate of drug-likeness (QED) is 0.431. The zero-order chi connectivity index (χ0) is 19.0. The first-order valence-electron chi connectivity index (χ1n) is 8.13.